The van der Waals surface area contributed by atoms with Gasteiger partial charge in [-0.25, -0.2) is 0 Å². The Balaban J connectivity index is 1.70. The molecule has 1 aromatic carbocycles. The standard InChI is InChI=1S/C17H21O4.3C4H9.Sn/c1-17(2)20-15-13(18-3)9-10-14(16(15)21-17)19-11-12-7-5-4-6-8-12;3*1-3-4-2;/h4-10,13-16H,3,11H2,1-2H3;3*1,3-4H2,2H3;/t13-,14-,15+,16-;;;;/m1..../s1. The third kappa shape index (κ3) is 8.06. The number of benzene rings is 1. The molecule has 1 aromatic rings. The zero-order valence-corrected chi connectivity index (χ0v) is 25.1. The van der Waals surface area contributed by atoms with Crippen LogP contribution in [0.1, 0.15) is 78.7 Å². The normalized spacial score (nSPS) is 26.0. The van der Waals surface area contributed by atoms with Crippen LogP contribution in [-0.2, 0) is 25.6 Å². The van der Waals surface area contributed by atoms with E-state index in [-0.39, 0.29) is 24.4 Å². The molecule has 2 aliphatic rings. The second-order valence-corrected chi connectivity index (χ2v) is 24.5. The van der Waals surface area contributed by atoms with Crippen LogP contribution in [0.3, 0.4) is 0 Å². The van der Waals surface area contributed by atoms with Gasteiger partial charge in [0.05, 0.1) is 0 Å². The summed E-state index contributed by atoms with van der Waals surface area (Å²) in [7, 11) is 0. The van der Waals surface area contributed by atoms with E-state index in [0.29, 0.717) is 6.61 Å². The molecule has 3 rings (SSSR count). The molecule has 192 valence electrons. The summed E-state index contributed by atoms with van der Waals surface area (Å²) >= 11 is -2.38. The van der Waals surface area contributed by atoms with Gasteiger partial charge in [-0.2, -0.15) is 0 Å². The SMILES string of the molecule is CCC[CH2][Sn]([CH2]CCC)([CH2]CCC)[CH2]O[C@@H]1C=C[C@@H](OCc2ccccc2)[C@H]2OC(C)(C)O[C@H]21. The first-order chi connectivity index (χ1) is 16.4. The Morgan fingerprint density at radius 3 is 1.76 bits per heavy atom. The molecular formula is C29H48O4Sn. The number of ether oxygens (including phenoxy) is 4. The average molecular weight is 579 g/mol. The average Bonchev–Trinajstić information content (AvgIpc) is 3.18. The third-order valence-corrected chi connectivity index (χ3v) is 21.7. The Morgan fingerprint density at radius 1 is 0.765 bits per heavy atom. The van der Waals surface area contributed by atoms with Crippen molar-refractivity contribution in [2.24, 2.45) is 0 Å². The number of unbranched alkanes of at least 4 members (excludes halogenated alkanes) is 3. The Hall–Kier alpha value is -0.401. The van der Waals surface area contributed by atoms with Crippen molar-refractivity contribution in [1.29, 1.82) is 0 Å². The van der Waals surface area contributed by atoms with Crippen LogP contribution in [0, 0.1) is 0 Å². The molecule has 4 nitrogen and oxygen atoms in total. The molecule has 1 fully saturated rings. The Morgan fingerprint density at radius 2 is 1.26 bits per heavy atom. The number of hydrogen-bond acceptors (Lipinski definition) is 4. The van der Waals surface area contributed by atoms with Crippen molar-refractivity contribution in [3.8, 4) is 0 Å². The molecule has 4 atom stereocenters. The van der Waals surface area contributed by atoms with Crippen LogP contribution >= 0.6 is 0 Å². The summed E-state index contributed by atoms with van der Waals surface area (Å²) in [6, 6.07) is 10.3. The van der Waals surface area contributed by atoms with Gasteiger partial charge in [0.25, 0.3) is 0 Å². The molecule has 34 heavy (non-hydrogen) atoms. The van der Waals surface area contributed by atoms with Crippen LogP contribution in [0.4, 0.5) is 0 Å². The Kier molecular flexibility index (Phi) is 11.4. The van der Waals surface area contributed by atoms with Crippen LogP contribution in [-0.4, -0.2) is 53.2 Å². The molecule has 1 aliphatic heterocycles. The summed E-state index contributed by atoms with van der Waals surface area (Å²) < 4.78 is 31.2. The van der Waals surface area contributed by atoms with E-state index in [0.717, 1.165) is 4.62 Å². The van der Waals surface area contributed by atoms with Crippen molar-refractivity contribution >= 4 is 18.4 Å². The van der Waals surface area contributed by atoms with E-state index in [1.165, 1.54) is 57.4 Å². The van der Waals surface area contributed by atoms with Gasteiger partial charge in [0, 0.05) is 0 Å². The van der Waals surface area contributed by atoms with Gasteiger partial charge in [0.15, 0.2) is 0 Å². The van der Waals surface area contributed by atoms with Crippen molar-refractivity contribution < 1.29 is 18.9 Å². The van der Waals surface area contributed by atoms with Crippen molar-refractivity contribution in [3.63, 3.8) is 0 Å². The number of rotatable bonds is 15. The molecule has 0 unspecified atom stereocenters. The van der Waals surface area contributed by atoms with Gasteiger partial charge in [-0.15, -0.1) is 0 Å². The first-order valence-electron chi connectivity index (χ1n) is 13.7. The van der Waals surface area contributed by atoms with Crippen molar-refractivity contribution in [1.82, 2.24) is 0 Å². The summed E-state index contributed by atoms with van der Waals surface area (Å²) in [4.78, 5) is 0. The van der Waals surface area contributed by atoms with Crippen molar-refractivity contribution in [2.75, 3.05) is 4.62 Å². The molecule has 1 heterocycles. The zero-order valence-electron chi connectivity index (χ0n) is 22.3. The summed E-state index contributed by atoms with van der Waals surface area (Å²) in [6.07, 6.45) is 11.9. The molecule has 1 saturated heterocycles. The maximum atomic E-state index is 6.80. The molecule has 0 saturated carbocycles. The molecule has 0 aromatic heterocycles. The van der Waals surface area contributed by atoms with Gasteiger partial charge in [-0.3, -0.25) is 0 Å². The van der Waals surface area contributed by atoms with E-state index in [1.807, 2.05) is 32.0 Å². The van der Waals surface area contributed by atoms with E-state index in [1.54, 1.807) is 0 Å². The topological polar surface area (TPSA) is 36.9 Å². The van der Waals surface area contributed by atoms with Gasteiger partial charge in [0.2, 0.25) is 0 Å². The molecule has 0 radical (unpaired) electrons. The Bertz CT molecular complexity index is 713. The first kappa shape index (κ1) is 28.2. The Labute approximate surface area is 212 Å². The van der Waals surface area contributed by atoms with E-state index >= 15 is 0 Å². The summed E-state index contributed by atoms with van der Waals surface area (Å²) in [5.41, 5.74) is 1.17. The predicted molar refractivity (Wildman–Crippen MR) is 143 cm³/mol. The fourth-order valence-electron chi connectivity index (χ4n) is 5.35. The fourth-order valence-corrected chi connectivity index (χ4v) is 19.7. The van der Waals surface area contributed by atoms with Crippen LogP contribution in [0.25, 0.3) is 0 Å². The van der Waals surface area contributed by atoms with Crippen molar-refractivity contribution in [3.05, 3.63) is 48.0 Å². The van der Waals surface area contributed by atoms with Gasteiger partial charge in [0.1, 0.15) is 0 Å². The van der Waals surface area contributed by atoms with Gasteiger partial charge in [-0.05, 0) is 0 Å². The van der Waals surface area contributed by atoms with E-state index < -0.39 is 24.2 Å². The summed E-state index contributed by atoms with van der Waals surface area (Å²) in [6.45, 7) is 11.6. The van der Waals surface area contributed by atoms with Gasteiger partial charge in [-0.1, -0.05) is 0 Å². The number of hydrogen-bond donors (Lipinski definition) is 0. The van der Waals surface area contributed by atoms with E-state index in [9.17, 15) is 0 Å². The second-order valence-electron chi connectivity index (χ2n) is 10.8. The van der Waals surface area contributed by atoms with Gasteiger partial charge >= 0.3 is 213 Å². The molecule has 0 bridgehead atoms. The third-order valence-electron chi connectivity index (χ3n) is 7.35. The summed E-state index contributed by atoms with van der Waals surface area (Å²) in [5.74, 6) is -0.621. The molecule has 0 spiro atoms. The molecule has 5 heteroatoms. The molecule has 0 amide bonds. The van der Waals surface area contributed by atoms with Crippen LogP contribution < -0.4 is 0 Å². The zero-order chi connectivity index (χ0) is 24.4. The quantitative estimate of drug-likeness (QED) is 0.160. The predicted octanol–water partition coefficient (Wildman–Crippen LogP) is 7.44. The van der Waals surface area contributed by atoms with Crippen LogP contribution in [0.15, 0.2) is 42.5 Å². The molecule has 1 aliphatic carbocycles. The van der Waals surface area contributed by atoms with Crippen LogP contribution in [0.2, 0.25) is 13.3 Å². The molecular weight excluding hydrogens is 531 g/mol. The van der Waals surface area contributed by atoms with Crippen LogP contribution in [0.5, 0.6) is 0 Å². The number of fused-ring (bicyclic) bond motifs is 1. The first-order valence-corrected chi connectivity index (χ1v) is 21.8. The van der Waals surface area contributed by atoms with E-state index in [4.69, 9.17) is 18.9 Å². The summed E-state index contributed by atoms with van der Waals surface area (Å²) in [5, 5.41) is 0. The monoisotopic (exact) mass is 580 g/mol. The van der Waals surface area contributed by atoms with Gasteiger partial charge < -0.3 is 0 Å². The van der Waals surface area contributed by atoms with E-state index in [2.05, 4.69) is 45.1 Å². The second kappa shape index (κ2) is 13.8. The minimum absolute atomic E-state index is 0.0516. The van der Waals surface area contributed by atoms with Crippen molar-refractivity contribution in [2.45, 2.75) is 123 Å². The minimum atomic E-state index is -2.38. The molecule has 0 N–H and O–H groups in total. The maximum absolute atomic E-state index is 6.80. The fraction of sp³-hybridized carbons (Fsp3) is 0.724.